The van der Waals surface area contributed by atoms with Gasteiger partial charge in [0.2, 0.25) is 11.8 Å². The van der Waals surface area contributed by atoms with Crippen molar-refractivity contribution in [3.05, 3.63) is 58.9 Å². The van der Waals surface area contributed by atoms with Crippen LogP contribution >= 0.6 is 0 Å². The molecule has 210 valence electrons. The zero-order valence-electron chi connectivity index (χ0n) is 23.0. The van der Waals surface area contributed by atoms with Gasteiger partial charge in [-0.2, -0.15) is 0 Å². The van der Waals surface area contributed by atoms with Crippen LogP contribution in [-0.2, 0) is 26.2 Å². The van der Waals surface area contributed by atoms with Crippen LogP contribution in [0.1, 0.15) is 44.5 Å². The number of benzene rings is 1. The third-order valence-electron chi connectivity index (χ3n) is 7.94. The normalized spacial score (nSPS) is 25.2. The summed E-state index contributed by atoms with van der Waals surface area (Å²) in [6.45, 7) is 11.4. The fourth-order valence-corrected chi connectivity index (χ4v) is 5.85. The van der Waals surface area contributed by atoms with E-state index in [0.717, 1.165) is 23.0 Å². The van der Waals surface area contributed by atoms with Crippen molar-refractivity contribution in [1.29, 1.82) is 0 Å². The molecule has 1 aromatic heterocycles. The molecule has 0 spiro atoms. The standard InChI is InChI=1S/C29H37F2N5O3/c1-18-12-34(23(11-32-18)14-35-13-19(2)39-16-27(35)38)15-26(37)36-17-29(3,4)28-25(36)8-20(10-33-28)7-21-5-6-22(30)9-24(21)31/h5-6,8-10,18-19,23,32H,7,11-17H2,1-4H3/t18-,19+,23-/m1/s1. The molecule has 3 atom stereocenters. The third-order valence-corrected chi connectivity index (χ3v) is 7.94. The Balaban J connectivity index is 1.34. The number of hydrogen-bond acceptors (Lipinski definition) is 6. The highest BCUT2D eigenvalue weighted by Gasteiger charge is 2.41. The number of ether oxygens (including phenoxy) is 1. The molecule has 8 nitrogen and oxygen atoms in total. The SMILES string of the molecule is C[C@@H]1CN(CC(=O)N2CC(C)(C)c3ncc(Cc4ccc(F)cc4F)cc32)[C@@H](CN2C[C@H](C)OCC2=O)CN1. The highest BCUT2D eigenvalue weighted by molar-refractivity contribution is 5.97. The average molecular weight is 542 g/mol. The number of nitrogens with one attached hydrogen (secondary N) is 1. The van der Waals surface area contributed by atoms with Gasteiger partial charge in [-0.15, -0.1) is 0 Å². The summed E-state index contributed by atoms with van der Waals surface area (Å²) in [5.41, 5.74) is 2.36. The van der Waals surface area contributed by atoms with Crippen LogP contribution in [0.15, 0.2) is 30.5 Å². The smallest absolute Gasteiger partial charge is 0.248 e. The van der Waals surface area contributed by atoms with E-state index in [1.807, 2.05) is 17.9 Å². The van der Waals surface area contributed by atoms with Crippen molar-refractivity contribution in [3.8, 4) is 0 Å². The van der Waals surface area contributed by atoms with Crippen molar-refractivity contribution >= 4 is 17.5 Å². The number of carbonyl (C=O) groups is 2. The first-order chi connectivity index (χ1) is 18.5. The zero-order valence-corrected chi connectivity index (χ0v) is 23.0. The Labute approximate surface area is 228 Å². The van der Waals surface area contributed by atoms with Gasteiger partial charge in [-0.1, -0.05) is 19.9 Å². The van der Waals surface area contributed by atoms with Gasteiger partial charge < -0.3 is 19.9 Å². The molecule has 39 heavy (non-hydrogen) atoms. The van der Waals surface area contributed by atoms with Gasteiger partial charge in [0.15, 0.2) is 0 Å². The number of pyridine rings is 1. The summed E-state index contributed by atoms with van der Waals surface area (Å²) in [6, 6.07) is 5.69. The lowest BCUT2D eigenvalue weighted by Gasteiger charge is -2.42. The van der Waals surface area contributed by atoms with Crippen molar-refractivity contribution in [2.45, 2.75) is 57.7 Å². The van der Waals surface area contributed by atoms with Gasteiger partial charge in [0.05, 0.1) is 24.0 Å². The van der Waals surface area contributed by atoms with Gasteiger partial charge in [-0.05, 0) is 37.1 Å². The predicted molar refractivity (Wildman–Crippen MR) is 144 cm³/mol. The predicted octanol–water partition coefficient (Wildman–Crippen LogP) is 2.48. The van der Waals surface area contributed by atoms with Crippen LogP contribution in [0.25, 0.3) is 0 Å². The average Bonchev–Trinajstić information content (AvgIpc) is 3.15. The second-order valence-corrected chi connectivity index (χ2v) is 11.8. The molecule has 2 amide bonds. The summed E-state index contributed by atoms with van der Waals surface area (Å²) >= 11 is 0. The van der Waals surface area contributed by atoms with Gasteiger partial charge in [0.25, 0.3) is 0 Å². The Hall–Kier alpha value is -2.95. The fraction of sp³-hybridized carbons (Fsp3) is 0.552. The van der Waals surface area contributed by atoms with Crippen LogP contribution in [0.5, 0.6) is 0 Å². The molecule has 0 bridgehead atoms. The van der Waals surface area contributed by atoms with E-state index in [1.165, 1.54) is 12.1 Å². The van der Waals surface area contributed by atoms with Crippen molar-refractivity contribution in [2.75, 3.05) is 50.8 Å². The summed E-state index contributed by atoms with van der Waals surface area (Å²) < 4.78 is 33.2. The summed E-state index contributed by atoms with van der Waals surface area (Å²) in [7, 11) is 0. The number of aromatic nitrogens is 1. The summed E-state index contributed by atoms with van der Waals surface area (Å²) in [5.74, 6) is -1.27. The van der Waals surface area contributed by atoms with Crippen LogP contribution in [0.2, 0.25) is 0 Å². The Morgan fingerprint density at radius 3 is 2.77 bits per heavy atom. The lowest BCUT2D eigenvalue weighted by molar-refractivity contribution is -0.149. The molecule has 3 aliphatic rings. The van der Waals surface area contributed by atoms with Crippen molar-refractivity contribution in [2.24, 2.45) is 0 Å². The minimum atomic E-state index is -0.616. The minimum absolute atomic E-state index is 0.000365. The number of morpholine rings is 1. The molecular weight excluding hydrogens is 504 g/mol. The molecule has 0 radical (unpaired) electrons. The van der Waals surface area contributed by atoms with E-state index in [0.29, 0.717) is 38.3 Å². The molecule has 0 aliphatic carbocycles. The second kappa shape index (κ2) is 10.9. The van der Waals surface area contributed by atoms with E-state index in [2.05, 4.69) is 36.0 Å². The highest BCUT2D eigenvalue weighted by atomic mass is 19.1. The number of halogens is 2. The quantitative estimate of drug-likeness (QED) is 0.606. The van der Waals surface area contributed by atoms with Crippen LogP contribution in [-0.4, -0.2) is 90.7 Å². The number of amides is 2. The molecule has 2 fully saturated rings. The summed E-state index contributed by atoms with van der Waals surface area (Å²) in [5, 5.41) is 3.49. The Morgan fingerprint density at radius 1 is 1.21 bits per heavy atom. The monoisotopic (exact) mass is 541 g/mol. The molecule has 0 saturated carbocycles. The number of piperazine rings is 1. The van der Waals surface area contributed by atoms with Crippen LogP contribution in [0.4, 0.5) is 14.5 Å². The van der Waals surface area contributed by atoms with Gasteiger partial charge in [0, 0.05) is 68.9 Å². The molecule has 1 N–H and O–H groups in total. The van der Waals surface area contributed by atoms with E-state index in [-0.39, 0.29) is 55.0 Å². The molecule has 10 heteroatoms. The second-order valence-electron chi connectivity index (χ2n) is 11.8. The molecule has 2 saturated heterocycles. The van der Waals surface area contributed by atoms with Crippen molar-refractivity contribution < 1.29 is 23.1 Å². The Kier molecular flexibility index (Phi) is 7.72. The molecule has 4 heterocycles. The number of rotatable bonds is 6. The number of nitrogens with zero attached hydrogens (tertiary/aromatic N) is 4. The van der Waals surface area contributed by atoms with E-state index < -0.39 is 11.6 Å². The summed E-state index contributed by atoms with van der Waals surface area (Å²) in [4.78, 5) is 36.8. The zero-order chi connectivity index (χ0) is 27.9. The maximum absolute atomic E-state index is 14.3. The number of anilines is 1. The lowest BCUT2D eigenvalue weighted by atomic mass is 9.91. The number of carbonyl (C=O) groups excluding carboxylic acids is 2. The van der Waals surface area contributed by atoms with E-state index >= 15 is 0 Å². The molecule has 2 aromatic rings. The third kappa shape index (κ3) is 5.97. The molecule has 3 aliphatic heterocycles. The van der Waals surface area contributed by atoms with Crippen LogP contribution in [0.3, 0.4) is 0 Å². The van der Waals surface area contributed by atoms with Gasteiger partial charge in [0.1, 0.15) is 18.2 Å². The number of fused-ring (bicyclic) bond motifs is 1. The molecular formula is C29H37F2N5O3. The Bertz CT molecular complexity index is 1260. The molecule has 0 unspecified atom stereocenters. The highest BCUT2D eigenvalue weighted by Crippen LogP contribution is 2.40. The fourth-order valence-electron chi connectivity index (χ4n) is 5.85. The van der Waals surface area contributed by atoms with E-state index in [9.17, 15) is 18.4 Å². The maximum atomic E-state index is 14.3. The van der Waals surface area contributed by atoms with Crippen molar-refractivity contribution in [1.82, 2.24) is 20.1 Å². The maximum Gasteiger partial charge on any atom is 0.248 e. The Morgan fingerprint density at radius 2 is 2.00 bits per heavy atom. The summed E-state index contributed by atoms with van der Waals surface area (Å²) in [6.07, 6.45) is 1.95. The van der Waals surface area contributed by atoms with Gasteiger partial charge >= 0.3 is 0 Å². The topological polar surface area (TPSA) is 78.0 Å². The van der Waals surface area contributed by atoms with E-state index in [4.69, 9.17) is 4.74 Å². The first kappa shape index (κ1) is 27.6. The van der Waals surface area contributed by atoms with Crippen LogP contribution in [0, 0.1) is 11.6 Å². The minimum Gasteiger partial charge on any atom is -0.367 e. The molecule has 1 aromatic carbocycles. The first-order valence-corrected chi connectivity index (χ1v) is 13.6. The van der Waals surface area contributed by atoms with Crippen LogP contribution < -0.4 is 10.2 Å². The van der Waals surface area contributed by atoms with E-state index in [1.54, 1.807) is 11.1 Å². The molecule has 5 rings (SSSR count). The first-order valence-electron chi connectivity index (χ1n) is 13.6. The van der Waals surface area contributed by atoms with Crippen molar-refractivity contribution in [3.63, 3.8) is 0 Å². The van der Waals surface area contributed by atoms with Gasteiger partial charge in [-0.25, -0.2) is 8.78 Å². The number of hydrogen-bond donors (Lipinski definition) is 1. The van der Waals surface area contributed by atoms with Gasteiger partial charge in [-0.3, -0.25) is 19.5 Å². The lowest BCUT2D eigenvalue weighted by Crippen LogP contribution is -2.62. The largest absolute Gasteiger partial charge is 0.367 e.